The minimum absolute atomic E-state index is 0.357. The number of rotatable bonds is 7. The van der Waals surface area contributed by atoms with E-state index in [0.29, 0.717) is 24.0 Å². The zero-order valence-electron chi connectivity index (χ0n) is 10.5. The third-order valence-electron chi connectivity index (χ3n) is 2.07. The molecule has 7 heteroatoms. The number of aliphatic carboxylic acids is 1. The predicted molar refractivity (Wildman–Crippen MR) is 75.7 cm³/mol. The molecule has 0 aliphatic rings. The number of methoxy groups -OCH3 is 1. The molecule has 0 spiro atoms. The van der Waals surface area contributed by atoms with Gasteiger partial charge in [0.15, 0.2) is 11.7 Å². The highest BCUT2D eigenvalue weighted by Gasteiger charge is 2.00. The smallest absolute Gasteiger partial charge is 0.341 e. The minimum Gasteiger partial charge on any atom is -0.482 e. The van der Waals surface area contributed by atoms with E-state index in [1.807, 2.05) is 0 Å². The first-order valence-electron chi connectivity index (χ1n) is 5.60. The van der Waals surface area contributed by atoms with Crippen molar-refractivity contribution >= 4 is 29.0 Å². The molecule has 0 atom stereocenters. The molecular weight excluding hydrogens is 268 g/mol. The number of carboxylic acid groups (broad SMARTS) is 1. The fourth-order valence-corrected chi connectivity index (χ4v) is 1.44. The first kappa shape index (κ1) is 15.2. The molecule has 0 saturated heterocycles. The molecule has 0 aliphatic heterocycles. The Bertz CT molecular complexity index is 422. The van der Waals surface area contributed by atoms with Gasteiger partial charge in [0, 0.05) is 19.3 Å². The van der Waals surface area contributed by atoms with Crippen LogP contribution in [0.4, 0.5) is 5.69 Å². The van der Waals surface area contributed by atoms with Gasteiger partial charge < -0.3 is 25.2 Å². The van der Waals surface area contributed by atoms with E-state index in [0.717, 1.165) is 5.69 Å². The van der Waals surface area contributed by atoms with E-state index in [4.69, 9.17) is 26.8 Å². The Hall–Kier alpha value is -1.86. The van der Waals surface area contributed by atoms with Gasteiger partial charge in [-0.25, -0.2) is 4.79 Å². The van der Waals surface area contributed by atoms with Gasteiger partial charge in [-0.3, -0.25) is 0 Å². The average molecular weight is 284 g/mol. The molecule has 19 heavy (non-hydrogen) atoms. The van der Waals surface area contributed by atoms with Gasteiger partial charge in [0.2, 0.25) is 0 Å². The lowest BCUT2D eigenvalue weighted by Crippen LogP contribution is -2.31. The van der Waals surface area contributed by atoms with Gasteiger partial charge in [0.1, 0.15) is 5.75 Å². The van der Waals surface area contributed by atoms with E-state index in [1.54, 1.807) is 31.4 Å². The summed E-state index contributed by atoms with van der Waals surface area (Å²) in [5, 5.41) is 14.9. The molecule has 6 nitrogen and oxygen atoms in total. The van der Waals surface area contributed by atoms with E-state index >= 15 is 0 Å². The highest BCUT2D eigenvalue weighted by atomic mass is 32.1. The zero-order valence-corrected chi connectivity index (χ0v) is 11.3. The Morgan fingerprint density at radius 3 is 2.63 bits per heavy atom. The summed E-state index contributed by atoms with van der Waals surface area (Å²) in [6, 6.07) is 6.84. The lowest BCUT2D eigenvalue weighted by atomic mass is 10.3. The number of anilines is 1. The van der Waals surface area contributed by atoms with Crippen LogP contribution in [0.3, 0.4) is 0 Å². The number of hydrogen-bond acceptors (Lipinski definition) is 4. The first-order valence-corrected chi connectivity index (χ1v) is 6.01. The number of nitrogens with one attached hydrogen (secondary N) is 2. The molecule has 0 bridgehead atoms. The van der Waals surface area contributed by atoms with Crippen LogP contribution in [0, 0.1) is 0 Å². The molecule has 1 rings (SSSR count). The average Bonchev–Trinajstić information content (AvgIpc) is 2.38. The van der Waals surface area contributed by atoms with Crippen LogP contribution in [0.15, 0.2) is 24.3 Å². The van der Waals surface area contributed by atoms with Crippen LogP contribution in [-0.2, 0) is 9.53 Å². The lowest BCUT2D eigenvalue weighted by Gasteiger charge is -2.10. The second-order valence-electron chi connectivity index (χ2n) is 3.58. The standard InChI is InChI=1S/C12H16N2O4S/c1-17-7-6-13-12(19)14-9-2-4-10(5-3-9)18-8-11(15)16/h2-5H,6-8H2,1H3,(H,15,16)(H2,13,14,19). The Labute approximate surface area is 116 Å². The Morgan fingerprint density at radius 1 is 1.37 bits per heavy atom. The third kappa shape index (κ3) is 6.58. The molecule has 0 amide bonds. The van der Waals surface area contributed by atoms with E-state index in [9.17, 15) is 4.79 Å². The monoisotopic (exact) mass is 284 g/mol. The normalized spacial score (nSPS) is 9.74. The molecule has 0 heterocycles. The molecule has 104 valence electrons. The van der Waals surface area contributed by atoms with Crippen molar-refractivity contribution in [2.24, 2.45) is 0 Å². The fourth-order valence-electron chi connectivity index (χ4n) is 1.22. The highest BCUT2D eigenvalue weighted by Crippen LogP contribution is 2.15. The number of ether oxygens (including phenoxy) is 2. The summed E-state index contributed by atoms with van der Waals surface area (Å²) < 4.78 is 9.90. The maximum Gasteiger partial charge on any atom is 0.341 e. The third-order valence-corrected chi connectivity index (χ3v) is 2.31. The summed E-state index contributed by atoms with van der Waals surface area (Å²) in [4.78, 5) is 10.3. The highest BCUT2D eigenvalue weighted by molar-refractivity contribution is 7.80. The van der Waals surface area contributed by atoms with Gasteiger partial charge in [-0.15, -0.1) is 0 Å². The Balaban J connectivity index is 2.39. The lowest BCUT2D eigenvalue weighted by molar-refractivity contribution is -0.139. The van der Waals surface area contributed by atoms with Crippen LogP contribution in [0.5, 0.6) is 5.75 Å². The van der Waals surface area contributed by atoms with Crippen LogP contribution in [0.1, 0.15) is 0 Å². The van der Waals surface area contributed by atoms with Gasteiger partial charge in [0.25, 0.3) is 0 Å². The van der Waals surface area contributed by atoms with Crippen molar-refractivity contribution in [3.8, 4) is 5.75 Å². The van der Waals surface area contributed by atoms with Crippen LogP contribution < -0.4 is 15.4 Å². The molecule has 0 fully saturated rings. The van der Waals surface area contributed by atoms with Crippen molar-refractivity contribution in [3.63, 3.8) is 0 Å². The molecule has 0 saturated carbocycles. The van der Waals surface area contributed by atoms with Gasteiger partial charge >= 0.3 is 5.97 Å². The fraction of sp³-hybridized carbons (Fsp3) is 0.333. The largest absolute Gasteiger partial charge is 0.482 e. The number of carbonyl (C=O) groups is 1. The number of thiocarbonyl (C=S) groups is 1. The van der Waals surface area contributed by atoms with Crippen molar-refractivity contribution in [2.75, 3.05) is 32.2 Å². The van der Waals surface area contributed by atoms with Gasteiger partial charge in [-0.05, 0) is 36.5 Å². The first-order chi connectivity index (χ1) is 9.11. The second-order valence-corrected chi connectivity index (χ2v) is 3.99. The second kappa shape index (κ2) is 8.28. The van der Waals surface area contributed by atoms with Crippen molar-refractivity contribution in [1.29, 1.82) is 0 Å². The van der Waals surface area contributed by atoms with Crippen molar-refractivity contribution in [2.45, 2.75) is 0 Å². The molecule has 3 N–H and O–H groups in total. The van der Waals surface area contributed by atoms with Crippen molar-refractivity contribution < 1.29 is 19.4 Å². The summed E-state index contributed by atoms with van der Waals surface area (Å²) in [7, 11) is 1.62. The zero-order chi connectivity index (χ0) is 14.1. The van der Waals surface area contributed by atoms with Gasteiger partial charge in [-0.1, -0.05) is 0 Å². The van der Waals surface area contributed by atoms with Crippen LogP contribution in [-0.4, -0.2) is 43.1 Å². The Morgan fingerprint density at radius 2 is 2.05 bits per heavy atom. The number of hydrogen-bond donors (Lipinski definition) is 3. The predicted octanol–water partition coefficient (Wildman–Crippen LogP) is 1.08. The maximum atomic E-state index is 10.3. The minimum atomic E-state index is -1.01. The topological polar surface area (TPSA) is 79.8 Å². The quantitative estimate of drug-likeness (QED) is 0.511. The summed E-state index contributed by atoms with van der Waals surface area (Å²) in [6.07, 6.45) is 0. The SMILES string of the molecule is COCCNC(=S)Nc1ccc(OCC(=O)O)cc1. The summed E-state index contributed by atoms with van der Waals surface area (Å²) >= 11 is 5.08. The van der Waals surface area contributed by atoms with Crippen LogP contribution in [0.25, 0.3) is 0 Å². The molecule has 0 radical (unpaired) electrons. The number of carboxylic acids is 1. The van der Waals surface area contributed by atoms with Crippen molar-refractivity contribution in [3.05, 3.63) is 24.3 Å². The number of benzene rings is 1. The van der Waals surface area contributed by atoms with E-state index in [2.05, 4.69) is 10.6 Å². The molecule has 0 unspecified atom stereocenters. The summed E-state index contributed by atoms with van der Waals surface area (Å²) in [5.74, 6) is -0.517. The van der Waals surface area contributed by atoms with E-state index in [-0.39, 0.29) is 6.61 Å². The van der Waals surface area contributed by atoms with Crippen LogP contribution in [0.2, 0.25) is 0 Å². The van der Waals surface area contributed by atoms with Crippen LogP contribution >= 0.6 is 12.2 Å². The maximum absolute atomic E-state index is 10.3. The molecule has 0 aliphatic carbocycles. The van der Waals surface area contributed by atoms with Gasteiger partial charge in [0.05, 0.1) is 6.61 Å². The van der Waals surface area contributed by atoms with E-state index < -0.39 is 5.97 Å². The molecular formula is C12H16N2O4S. The summed E-state index contributed by atoms with van der Waals surface area (Å²) in [5.41, 5.74) is 0.789. The Kier molecular flexibility index (Phi) is 6.62. The summed E-state index contributed by atoms with van der Waals surface area (Å²) in [6.45, 7) is 0.843. The molecule has 1 aromatic carbocycles. The molecule has 0 aromatic heterocycles. The van der Waals surface area contributed by atoms with Crippen molar-refractivity contribution in [1.82, 2.24) is 5.32 Å². The van der Waals surface area contributed by atoms with Gasteiger partial charge in [-0.2, -0.15) is 0 Å². The molecule has 1 aromatic rings. The van der Waals surface area contributed by atoms with E-state index in [1.165, 1.54) is 0 Å².